The lowest BCUT2D eigenvalue weighted by atomic mass is 10.0. The van der Waals surface area contributed by atoms with Gasteiger partial charge in [-0.2, -0.15) is 5.10 Å². The highest BCUT2D eigenvalue weighted by atomic mass is 15.5. The van der Waals surface area contributed by atoms with Crippen LogP contribution in [0.4, 0.5) is 0 Å². The normalized spacial score (nSPS) is 16.1. The zero-order chi connectivity index (χ0) is 17.6. The molecule has 1 aliphatic rings. The van der Waals surface area contributed by atoms with Crippen LogP contribution in [0.2, 0.25) is 0 Å². The monoisotopic (exact) mass is 335 g/mol. The third-order valence-corrected chi connectivity index (χ3v) is 4.85. The van der Waals surface area contributed by atoms with E-state index in [-0.39, 0.29) is 0 Å². The SMILES string of the molecule is Cc1ccc(CN2CCN(/N=C\c3ccc(C(C)C)cc3)CC2)cc1. The average molecular weight is 335 g/mol. The fourth-order valence-corrected chi connectivity index (χ4v) is 3.08. The van der Waals surface area contributed by atoms with Gasteiger partial charge < -0.3 is 0 Å². The fourth-order valence-electron chi connectivity index (χ4n) is 3.08. The molecule has 1 fully saturated rings. The number of aryl methyl sites for hydroxylation is 1. The van der Waals surface area contributed by atoms with Crippen LogP contribution in [-0.4, -0.2) is 42.3 Å². The first-order valence-electron chi connectivity index (χ1n) is 9.27. The van der Waals surface area contributed by atoms with Crippen LogP contribution >= 0.6 is 0 Å². The highest BCUT2D eigenvalue weighted by Crippen LogP contribution is 2.14. The van der Waals surface area contributed by atoms with E-state index >= 15 is 0 Å². The van der Waals surface area contributed by atoms with Gasteiger partial charge in [0.25, 0.3) is 0 Å². The lowest BCUT2D eigenvalue weighted by molar-refractivity contribution is 0.131. The average Bonchev–Trinajstić information content (AvgIpc) is 2.63. The molecular formula is C22H29N3. The van der Waals surface area contributed by atoms with E-state index in [0.717, 1.165) is 32.7 Å². The number of benzene rings is 2. The lowest BCUT2D eigenvalue weighted by Crippen LogP contribution is -2.43. The van der Waals surface area contributed by atoms with Crippen molar-refractivity contribution < 1.29 is 0 Å². The summed E-state index contributed by atoms with van der Waals surface area (Å²) in [5, 5.41) is 6.85. The number of hydrazone groups is 1. The summed E-state index contributed by atoms with van der Waals surface area (Å²) in [6, 6.07) is 17.6. The van der Waals surface area contributed by atoms with Gasteiger partial charge in [0, 0.05) is 32.7 Å². The van der Waals surface area contributed by atoms with Crippen molar-refractivity contribution in [2.75, 3.05) is 26.2 Å². The summed E-state index contributed by atoms with van der Waals surface area (Å²) in [5.74, 6) is 0.576. The van der Waals surface area contributed by atoms with Crippen molar-refractivity contribution in [3.8, 4) is 0 Å². The molecule has 2 aromatic rings. The van der Waals surface area contributed by atoms with Crippen LogP contribution in [0.3, 0.4) is 0 Å². The maximum Gasteiger partial charge on any atom is 0.0542 e. The van der Waals surface area contributed by atoms with Gasteiger partial charge in [-0.25, -0.2) is 0 Å². The minimum atomic E-state index is 0.576. The van der Waals surface area contributed by atoms with Crippen molar-refractivity contribution >= 4 is 6.21 Å². The molecule has 3 rings (SSSR count). The summed E-state index contributed by atoms with van der Waals surface area (Å²) in [5.41, 5.74) is 5.27. The van der Waals surface area contributed by atoms with Gasteiger partial charge in [-0.3, -0.25) is 9.91 Å². The zero-order valence-electron chi connectivity index (χ0n) is 15.7. The minimum Gasteiger partial charge on any atom is -0.295 e. The minimum absolute atomic E-state index is 0.576. The van der Waals surface area contributed by atoms with Crippen LogP contribution in [0, 0.1) is 6.92 Å². The quantitative estimate of drug-likeness (QED) is 0.760. The van der Waals surface area contributed by atoms with E-state index in [0.29, 0.717) is 5.92 Å². The van der Waals surface area contributed by atoms with Crippen LogP contribution in [0.5, 0.6) is 0 Å². The maximum atomic E-state index is 4.66. The highest BCUT2D eigenvalue weighted by Gasteiger charge is 2.15. The molecule has 1 saturated heterocycles. The van der Waals surface area contributed by atoms with Crippen molar-refractivity contribution in [1.29, 1.82) is 0 Å². The molecular weight excluding hydrogens is 306 g/mol. The van der Waals surface area contributed by atoms with E-state index < -0.39 is 0 Å². The second kappa shape index (κ2) is 8.30. The molecule has 0 aromatic heterocycles. The Bertz CT molecular complexity index is 678. The third kappa shape index (κ3) is 5.17. The molecule has 3 heteroatoms. The zero-order valence-corrected chi connectivity index (χ0v) is 15.7. The van der Waals surface area contributed by atoms with Gasteiger partial charge in [0.05, 0.1) is 6.21 Å². The Labute approximate surface area is 152 Å². The molecule has 0 saturated carbocycles. The van der Waals surface area contributed by atoms with Crippen LogP contribution in [-0.2, 0) is 6.54 Å². The Kier molecular flexibility index (Phi) is 5.87. The van der Waals surface area contributed by atoms with Crippen molar-refractivity contribution in [1.82, 2.24) is 9.91 Å². The largest absolute Gasteiger partial charge is 0.295 e. The third-order valence-electron chi connectivity index (χ3n) is 4.85. The van der Waals surface area contributed by atoms with Gasteiger partial charge in [0.15, 0.2) is 0 Å². The van der Waals surface area contributed by atoms with Crippen molar-refractivity contribution in [2.24, 2.45) is 5.10 Å². The van der Waals surface area contributed by atoms with E-state index in [9.17, 15) is 0 Å². The summed E-state index contributed by atoms with van der Waals surface area (Å²) >= 11 is 0. The molecule has 1 aliphatic heterocycles. The smallest absolute Gasteiger partial charge is 0.0542 e. The molecule has 0 bridgehead atoms. The second-order valence-electron chi connectivity index (χ2n) is 7.28. The van der Waals surface area contributed by atoms with E-state index in [1.165, 1.54) is 22.3 Å². The molecule has 1 heterocycles. The van der Waals surface area contributed by atoms with Crippen LogP contribution in [0.25, 0.3) is 0 Å². The fraction of sp³-hybridized carbons (Fsp3) is 0.409. The first kappa shape index (κ1) is 17.7. The lowest BCUT2D eigenvalue weighted by Gasteiger charge is -2.33. The summed E-state index contributed by atoms with van der Waals surface area (Å²) in [6.07, 6.45) is 1.99. The standard InChI is InChI=1S/C22H29N3/c1-18(2)22-10-8-20(9-11-22)16-23-25-14-12-24(13-15-25)17-21-6-4-19(3)5-7-21/h4-11,16,18H,12-15,17H2,1-3H3/b23-16-. The number of hydrogen-bond acceptors (Lipinski definition) is 3. The van der Waals surface area contributed by atoms with Gasteiger partial charge in [-0.15, -0.1) is 0 Å². The molecule has 0 aliphatic carbocycles. The Morgan fingerprint density at radius 2 is 1.56 bits per heavy atom. The van der Waals surface area contributed by atoms with Crippen molar-refractivity contribution in [3.05, 3.63) is 70.8 Å². The predicted octanol–water partition coefficient (Wildman–Crippen LogP) is 4.27. The van der Waals surface area contributed by atoms with E-state index in [4.69, 9.17) is 0 Å². The molecule has 0 N–H and O–H groups in total. The Hall–Kier alpha value is -2.13. The summed E-state index contributed by atoms with van der Waals surface area (Å²) in [7, 11) is 0. The number of rotatable bonds is 5. The molecule has 132 valence electrons. The van der Waals surface area contributed by atoms with Crippen molar-refractivity contribution in [3.63, 3.8) is 0 Å². The van der Waals surface area contributed by atoms with Crippen LogP contribution < -0.4 is 0 Å². The van der Waals surface area contributed by atoms with Crippen LogP contribution in [0.15, 0.2) is 53.6 Å². The van der Waals surface area contributed by atoms with Gasteiger partial charge in [0.2, 0.25) is 0 Å². The van der Waals surface area contributed by atoms with Gasteiger partial charge in [-0.1, -0.05) is 67.9 Å². The molecule has 0 atom stereocenters. The van der Waals surface area contributed by atoms with E-state index in [1.807, 2.05) is 6.21 Å². The highest BCUT2D eigenvalue weighted by molar-refractivity contribution is 5.79. The van der Waals surface area contributed by atoms with Crippen molar-refractivity contribution in [2.45, 2.75) is 33.2 Å². The maximum absolute atomic E-state index is 4.66. The Morgan fingerprint density at radius 1 is 0.920 bits per heavy atom. The first-order valence-corrected chi connectivity index (χ1v) is 9.27. The van der Waals surface area contributed by atoms with E-state index in [2.05, 4.69) is 84.3 Å². The predicted molar refractivity (Wildman–Crippen MR) is 106 cm³/mol. The number of hydrogen-bond donors (Lipinski definition) is 0. The number of nitrogens with zero attached hydrogens (tertiary/aromatic N) is 3. The summed E-state index contributed by atoms with van der Waals surface area (Å²) in [6.45, 7) is 11.7. The summed E-state index contributed by atoms with van der Waals surface area (Å²) in [4.78, 5) is 2.51. The Balaban J connectivity index is 1.47. The summed E-state index contributed by atoms with van der Waals surface area (Å²) < 4.78 is 0. The van der Waals surface area contributed by atoms with Gasteiger partial charge in [-0.05, 0) is 29.5 Å². The molecule has 2 aromatic carbocycles. The van der Waals surface area contributed by atoms with E-state index in [1.54, 1.807) is 0 Å². The molecule has 0 unspecified atom stereocenters. The van der Waals surface area contributed by atoms with Gasteiger partial charge in [0.1, 0.15) is 0 Å². The van der Waals surface area contributed by atoms with Gasteiger partial charge >= 0.3 is 0 Å². The first-order chi connectivity index (χ1) is 12.1. The Morgan fingerprint density at radius 3 is 2.16 bits per heavy atom. The topological polar surface area (TPSA) is 18.8 Å². The molecule has 0 spiro atoms. The van der Waals surface area contributed by atoms with Crippen LogP contribution in [0.1, 0.15) is 42.0 Å². The molecule has 3 nitrogen and oxygen atoms in total. The molecule has 0 amide bonds. The molecule has 25 heavy (non-hydrogen) atoms. The second-order valence-corrected chi connectivity index (χ2v) is 7.28. The number of piperazine rings is 1. The molecule has 0 radical (unpaired) electrons.